The third-order valence-electron chi connectivity index (χ3n) is 3.50. The van der Waals surface area contributed by atoms with E-state index in [9.17, 15) is 13.2 Å². The lowest BCUT2D eigenvalue weighted by atomic mass is 10.2. The van der Waals surface area contributed by atoms with Crippen molar-refractivity contribution in [3.05, 3.63) is 41.2 Å². The fraction of sp³-hybridized carbons (Fsp3) is 0.471. The van der Waals surface area contributed by atoms with Gasteiger partial charge in [-0.2, -0.15) is 13.2 Å². The van der Waals surface area contributed by atoms with Crippen molar-refractivity contribution in [1.82, 2.24) is 20.6 Å². The van der Waals surface area contributed by atoms with Gasteiger partial charge in [0.25, 0.3) is 0 Å². The summed E-state index contributed by atoms with van der Waals surface area (Å²) in [5, 5.41) is 6.00. The van der Waals surface area contributed by atoms with Gasteiger partial charge in [-0.15, -0.1) is 0 Å². The number of oxazole rings is 1. The van der Waals surface area contributed by atoms with Gasteiger partial charge in [0.1, 0.15) is 24.5 Å². The molecule has 0 fully saturated rings. The van der Waals surface area contributed by atoms with Crippen LogP contribution in [0.3, 0.4) is 0 Å². The summed E-state index contributed by atoms with van der Waals surface area (Å²) in [6.07, 6.45) is -3.26. The number of hydrogen-bond acceptors (Lipinski definition) is 5. The molecule has 2 N–H and O–H groups in total. The first-order valence-corrected chi connectivity index (χ1v) is 8.41. The molecular formula is C17H22F3N5O2. The molecule has 2 heterocycles. The van der Waals surface area contributed by atoms with Gasteiger partial charge < -0.3 is 19.8 Å². The summed E-state index contributed by atoms with van der Waals surface area (Å²) in [5.41, 5.74) is -0.0948. The highest BCUT2D eigenvalue weighted by atomic mass is 19.4. The Morgan fingerprint density at radius 2 is 2.07 bits per heavy atom. The Labute approximate surface area is 155 Å². The zero-order valence-corrected chi connectivity index (χ0v) is 15.4. The maximum absolute atomic E-state index is 12.9. The Kier molecular flexibility index (Phi) is 7.03. The predicted octanol–water partition coefficient (Wildman–Crippen LogP) is 2.84. The monoisotopic (exact) mass is 385 g/mol. The topological polar surface area (TPSA) is 84.6 Å². The fourth-order valence-electron chi connectivity index (χ4n) is 2.13. The van der Waals surface area contributed by atoms with Crippen LogP contribution in [-0.4, -0.2) is 35.6 Å². The summed E-state index contributed by atoms with van der Waals surface area (Å²) in [7, 11) is 0. The molecule has 27 heavy (non-hydrogen) atoms. The number of guanidine groups is 1. The first-order chi connectivity index (χ1) is 12.8. The molecule has 2 aromatic rings. The van der Waals surface area contributed by atoms with Crippen molar-refractivity contribution in [3.8, 4) is 5.88 Å². The highest BCUT2D eigenvalue weighted by molar-refractivity contribution is 5.79. The lowest BCUT2D eigenvalue weighted by Gasteiger charge is -2.14. The number of alkyl halides is 3. The number of nitrogens with one attached hydrogen (secondary N) is 2. The van der Waals surface area contributed by atoms with Crippen molar-refractivity contribution in [3.63, 3.8) is 0 Å². The molecule has 7 nitrogen and oxygen atoms in total. The third-order valence-corrected chi connectivity index (χ3v) is 3.50. The molecule has 0 saturated heterocycles. The van der Waals surface area contributed by atoms with Crippen LogP contribution in [0.2, 0.25) is 0 Å². The Bertz CT molecular complexity index is 755. The number of rotatable bonds is 7. The molecule has 0 unspecified atom stereocenters. The van der Waals surface area contributed by atoms with Crippen LogP contribution >= 0.6 is 0 Å². The van der Waals surface area contributed by atoms with Crippen molar-refractivity contribution < 1.29 is 22.3 Å². The second kappa shape index (κ2) is 9.24. The number of halogens is 3. The third kappa shape index (κ3) is 6.15. The number of aliphatic imine (C=N–C) groups is 1. The van der Waals surface area contributed by atoms with Gasteiger partial charge in [-0.3, -0.25) is 0 Å². The molecule has 0 aliphatic carbocycles. The van der Waals surface area contributed by atoms with Crippen molar-refractivity contribution in [2.45, 2.75) is 33.5 Å². The molecule has 148 valence electrons. The van der Waals surface area contributed by atoms with Gasteiger partial charge in [0.2, 0.25) is 11.8 Å². The molecule has 10 heteroatoms. The molecule has 0 saturated carbocycles. The van der Waals surface area contributed by atoms with Crippen LogP contribution in [0.15, 0.2) is 27.7 Å². The van der Waals surface area contributed by atoms with Gasteiger partial charge in [0, 0.05) is 12.7 Å². The van der Waals surface area contributed by atoms with E-state index in [1.807, 2.05) is 20.8 Å². The van der Waals surface area contributed by atoms with E-state index in [-0.39, 0.29) is 19.7 Å². The van der Waals surface area contributed by atoms with E-state index in [2.05, 4.69) is 25.6 Å². The summed E-state index contributed by atoms with van der Waals surface area (Å²) >= 11 is 0. The maximum atomic E-state index is 12.9. The Balaban J connectivity index is 1.89. The average molecular weight is 385 g/mol. The van der Waals surface area contributed by atoms with Crippen LogP contribution in [0.1, 0.15) is 29.8 Å². The van der Waals surface area contributed by atoms with E-state index in [0.29, 0.717) is 18.4 Å². The van der Waals surface area contributed by atoms with Gasteiger partial charge in [0.15, 0.2) is 5.96 Å². The number of hydrogen-bond donors (Lipinski definition) is 2. The molecule has 0 spiro atoms. The summed E-state index contributed by atoms with van der Waals surface area (Å²) in [4.78, 5) is 12.2. The summed E-state index contributed by atoms with van der Waals surface area (Å²) < 4.78 is 49.3. The quantitative estimate of drug-likeness (QED) is 0.433. The minimum atomic E-state index is -4.51. The van der Waals surface area contributed by atoms with Crippen molar-refractivity contribution in [1.29, 1.82) is 0 Å². The van der Waals surface area contributed by atoms with Crippen molar-refractivity contribution in [2.75, 3.05) is 19.7 Å². The second-order valence-electron chi connectivity index (χ2n) is 5.57. The number of pyridine rings is 1. The second-order valence-corrected chi connectivity index (χ2v) is 5.57. The molecule has 0 aliphatic heterocycles. The molecule has 2 aromatic heterocycles. The molecule has 0 atom stereocenters. The van der Waals surface area contributed by atoms with Crippen LogP contribution < -0.4 is 15.4 Å². The van der Waals surface area contributed by atoms with E-state index in [4.69, 9.17) is 9.15 Å². The van der Waals surface area contributed by atoms with Gasteiger partial charge in [0.05, 0.1) is 12.2 Å². The highest BCUT2D eigenvalue weighted by Crippen LogP contribution is 2.34. The zero-order valence-electron chi connectivity index (χ0n) is 15.4. The van der Waals surface area contributed by atoms with Crippen LogP contribution in [0.4, 0.5) is 13.2 Å². The first kappa shape index (κ1) is 20.5. The Morgan fingerprint density at radius 3 is 2.70 bits per heavy atom. The van der Waals surface area contributed by atoms with Crippen LogP contribution in [0, 0.1) is 13.8 Å². The smallest absolute Gasteiger partial charge is 0.421 e. The summed E-state index contributed by atoms with van der Waals surface area (Å²) in [6.45, 7) is 6.66. The largest absolute Gasteiger partial charge is 0.475 e. The molecular weight excluding hydrogens is 363 g/mol. The molecule has 0 amide bonds. The van der Waals surface area contributed by atoms with Gasteiger partial charge in [-0.05, 0) is 32.9 Å². The Hall–Kier alpha value is -2.78. The van der Waals surface area contributed by atoms with Crippen LogP contribution in [0.5, 0.6) is 5.88 Å². The van der Waals surface area contributed by atoms with Crippen LogP contribution in [0.25, 0.3) is 0 Å². The van der Waals surface area contributed by atoms with E-state index in [1.165, 1.54) is 12.3 Å². The number of aromatic nitrogens is 2. The van der Waals surface area contributed by atoms with Crippen molar-refractivity contribution in [2.24, 2.45) is 4.99 Å². The maximum Gasteiger partial charge on any atom is 0.421 e. The lowest BCUT2D eigenvalue weighted by molar-refractivity contribution is -0.139. The summed E-state index contributed by atoms with van der Waals surface area (Å²) in [5.74, 6) is 1.26. The molecule has 2 rings (SSSR count). The summed E-state index contributed by atoms with van der Waals surface area (Å²) in [6, 6.07) is 2.15. The van der Waals surface area contributed by atoms with E-state index >= 15 is 0 Å². The van der Waals surface area contributed by atoms with Crippen LogP contribution in [-0.2, 0) is 12.7 Å². The molecule has 0 radical (unpaired) electrons. The van der Waals surface area contributed by atoms with Gasteiger partial charge in [-0.25, -0.2) is 15.0 Å². The number of ether oxygens (including phenoxy) is 1. The fourth-order valence-corrected chi connectivity index (χ4v) is 2.13. The van der Waals surface area contributed by atoms with E-state index in [1.54, 1.807) is 0 Å². The lowest BCUT2D eigenvalue weighted by Crippen LogP contribution is -2.39. The predicted molar refractivity (Wildman–Crippen MR) is 93.5 cm³/mol. The molecule has 0 aromatic carbocycles. The zero-order chi connectivity index (χ0) is 19.9. The standard InChI is InChI=1S/C17H22F3N5O2/c1-4-21-16(24-10-14-25-11(2)12(3)27-14)23-8-9-26-15-13(17(18,19)20)6-5-7-22-15/h5-7H,4,8-10H2,1-3H3,(H2,21,23,24). The number of nitrogens with zero attached hydrogens (tertiary/aromatic N) is 3. The van der Waals surface area contributed by atoms with Crippen molar-refractivity contribution >= 4 is 5.96 Å². The minimum absolute atomic E-state index is 0.0122. The van der Waals surface area contributed by atoms with E-state index < -0.39 is 17.6 Å². The molecule has 0 aliphatic rings. The SMILES string of the molecule is CCNC(=NCc1nc(C)c(C)o1)NCCOc1ncccc1C(F)(F)F. The normalized spacial score (nSPS) is 12.1. The van der Waals surface area contributed by atoms with E-state index in [0.717, 1.165) is 17.5 Å². The minimum Gasteiger partial charge on any atom is -0.475 e. The van der Waals surface area contributed by atoms with Gasteiger partial charge >= 0.3 is 6.18 Å². The average Bonchev–Trinajstić information content (AvgIpc) is 2.94. The highest BCUT2D eigenvalue weighted by Gasteiger charge is 2.34. The number of aryl methyl sites for hydroxylation is 2. The molecule has 0 bridgehead atoms. The van der Waals surface area contributed by atoms with Gasteiger partial charge in [-0.1, -0.05) is 0 Å². The Morgan fingerprint density at radius 1 is 1.30 bits per heavy atom. The first-order valence-electron chi connectivity index (χ1n) is 8.41.